The summed E-state index contributed by atoms with van der Waals surface area (Å²) < 4.78 is 13.1. The molecule has 4 nitrogen and oxygen atoms in total. The number of carbonyl (C=O) groups is 2. The second-order valence-electron chi connectivity index (χ2n) is 5.40. The van der Waals surface area contributed by atoms with Gasteiger partial charge in [-0.05, 0) is 35.7 Å². The third-order valence-electron chi connectivity index (χ3n) is 3.57. The van der Waals surface area contributed by atoms with E-state index >= 15 is 0 Å². The van der Waals surface area contributed by atoms with E-state index in [1.807, 2.05) is 31.2 Å². The zero-order valence-electron chi connectivity index (χ0n) is 12.8. The number of rotatable bonds is 6. The zero-order chi connectivity index (χ0) is 16.8. The number of aliphatic carboxylic acids is 1. The van der Waals surface area contributed by atoms with Gasteiger partial charge in [-0.1, -0.05) is 36.4 Å². The first-order valence-electron chi connectivity index (χ1n) is 7.27. The Kier molecular flexibility index (Phi) is 5.46. The first-order valence-corrected chi connectivity index (χ1v) is 7.27. The summed E-state index contributed by atoms with van der Waals surface area (Å²) in [6.45, 7) is 1.89. The minimum atomic E-state index is -1.10. The Balaban J connectivity index is 2.03. The highest BCUT2D eigenvalue weighted by Crippen LogP contribution is 2.10. The van der Waals surface area contributed by atoms with Gasteiger partial charge in [0.25, 0.3) is 0 Å². The number of halogens is 1. The first kappa shape index (κ1) is 16.7. The highest BCUT2D eigenvalue weighted by atomic mass is 19.1. The molecular weight excluding hydrogens is 297 g/mol. The Bertz CT molecular complexity index is 715. The smallest absolute Gasteiger partial charge is 0.326 e. The molecule has 5 heteroatoms. The van der Waals surface area contributed by atoms with Crippen molar-refractivity contribution >= 4 is 11.9 Å². The van der Waals surface area contributed by atoms with E-state index in [0.717, 1.165) is 11.1 Å². The second-order valence-corrected chi connectivity index (χ2v) is 5.40. The molecule has 0 aliphatic heterocycles. The molecule has 2 rings (SSSR count). The van der Waals surface area contributed by atoms with Crippen LogP contribution in [-0.2, 0) is 22.4 Å². The van der Waals surface area contributed by atoms with Gasteiger partial charge < -0.3 is 10.4 Å². The Hall–Kier alpha value is -2.69. The van der Waals surface area contributed by atoms with Crippen molar-refractivity contribution in [3.8, 4) is 0 Å². The van der Waals surface area contributed by atoms with Crippen molar-refractivity contribution in [1.82, 2.24) is 5.32 Å². The molecule has 2 N–H and O–H groups in total. The van der Waals surface area contributed by atoms with Crippen LogP contribution in [0, 0.1) is 12.7 Å². The van der Waals surface area contributed by atoms with Gasteiger partial charge in [0.1, 0.15) is 11.9 Å². The molecule has 120 valence electrons. The number of aryl methyl sites for hydroxylation is 1. The van der Waals surface area contributed by atoms with E-state index in [1.54, 1.807) is 6.07 Å². The van der Waals surface area contributed by atoms with E-state index in [1.165, 1.54) is 18.2 Å². The molecule has 0 aromatic heterocycles. The summed E-state index contributed by atoms with van der Waals surface area (Å²) in [6, 6.07) is 12.1. The van der Waals surface area contributed by atoms with Crippen molar-refractivity contribution in [3.05, 3.63) is 71.0 Å². The van der Waals surface area contributed by atoms with Gasteiger partial charge in [-0.25, -0.2) is 9.18 Å². The number of carboxylic acids is 1. The topological polar surface area (TPSA) is 66.4 Å². The van der Waals surface area contributed by atoms with E-state index in [2.05, 4.69) is 5.32 Å². The van der Waals surface area contributed by atoms with Gasteiger partial charge in [0, 0.05) is 6.42 Å². The molecule has 0 spiro atoms. The van der Waals surface area contributed by atoms with Crippen molar-refractivity contribution in [2.75, 3.05) is 0 Å². The lowest BCUT2D eigenvalue weighted by molar-refractivity contribution is -0.141. The Labute approximate surface area is 134 Å². The molecule has 0 aliphatic carbocycles. The summed E-state index contributed by atoms with van der Waals surface area (Å²) in [6.07, 6.45) is 0.145. The van der Waals surface area contributed by atoms with Crippen molar-refractivity contribution in [2.45, 2.75) is 25.8 Å². The molecule has 0 aliphatic rings. The molecule has 0 fully saturated rings. The predicted octanol–water partition coefficient (Wildman–Crippen LogP) is 2.49. The van der Waals surface area contributed by atoms with Gasteiger partial charge in [0.05, 0.1) is 6.42 Å². The van der Waals surface area contributed by atoms with E-state index in [4.69, 9.17) is 0 Å². The summed E-state index contributed by atoms with van der Waals surface area (Å²) >= 11 is 0. The fraction of sp³-hybridized carbons (Fsp3) is 0.222. The number of amides is 1. The molecule has 1 atom stereocenters. The van der Waals surface area contributed by atoms with Gasteiger partial charge in [0.2, 0.25) is 5.91 Å². The summed E-state index contributed by atoms with van der Waals surface area (Å²) in [5, 5.41) is 11.8. The number of hydrogen-bond acceptors (Lipinski definition) is 2. The normalized spacial score (nSPS) is 11.7. The maximum absolute atomic E-state index is 13.1. The minimum absolute atomic E-state index is 0.0602. The van der Waals surface area contributed by atoms with Crippen molar-refractivity contribution in [2.24, 2.45) is 0 Å². The molecule has 0 unspecified atom stereocenters. The summed E-state index contributed by atoms with van der Waals surface area (Å²) in [4.78, 5) is 23.4. The van der Waals surface area contributed by atoms with Gasteiger partial charge in [-0.15, -0.1) is 0 Å². The summed E-state index contributed by atoms with van der Waals surface area (Å²) in [7, 11) is 0. The molecule has 0 saturated carbocycles. The third kappa shape index (κ3) is 4.92. The van der Waals surface area contributed by atoms with Crippen LogP contribution in [-0.4, -0.2) is 23.0 Å². The third-order valence-corrected chi connectivity index (χ3v) is 3.57. The molecule has 0 heterocycles. The molecule has 1 amide bonds. The van der Waals surface area contributed by atoms with Crippen LogP contribution in [0.1, 0.15) is 16.7 Å². The van der Waals surface area contributed by atoms with E-state index in [9.17, 15) is 19.1 Å². The Morgan fingerprint density at radius 1 is 1.17 bits per heavy atom. The molecule has 2 aromatic carbocycles. The molecular formula is C18H18FNO3. The number of nitrogens with one attached hydrogen (secondary N) is 1. The molecule has 23 heavy (non-hydrogen) atoms. The monoisotopic (exact) mass is 315 g/mol. The zero-order valence-corrected chi connectivity index (χ0v) is 12.8. The quantitative estimate of drug-likeness (QED) is 0.860. The molecule has 0 radical (unpaired) electrons. The second kappa shape index (κ2) is 7.54. The number of hydrogen-bond donors (Lipinski definition) is 2. The Morgan fingerprint density at radius 3 is 2.57 bits per heavy atom. The average Bonchev–Trinajstić information content (AvgIpc) is 2.48. The van der Waals surface area contributed by atoms with Crippen LogP contribution in [0.5, 0.6) is 0 Å². The van der Waals surface area contributed by atoms with Crippen LogP contribution in [0.2, 0.25) is 0 Å². The average molecular weight is 315 g/mol. The lowest BCUT2D eigenvalue weighted by atomic mass is 10.0. The van der Waals surface area contributed by atoms with E-state index in [-0.39, 0.29) is 12.8 Å². The van der Waals surface area contributed by atoms with Crippen LogP contribution in [0.4, 0.5) is 4.39 Å². The van der Waals surface area contributed by atoms with Crippen molar-refractivity contribution in [3.63, 3.8) is 0 Å². The van der Waals surface area contributed by atoms with E-state index < -0.39 is 23.7 Å². The molecule has 0 saturated heterocycles. The minimum Gasteiger partial charge on any atom is -0.480 e. The fourth-order valence-electron chi connectivity index (χ4n) is 2.34. The number of carbonyl (C=O) groups excluding carboxylic acids is 1. The fourth-order valence-corrected chi connectivity index (χ4v) is 2.34. The van der Waals surface area contributed by atoms with Gasteiger partial charge in [0.15, 0.2) is 0 Å². The largest absolute Gasteiger partial charge is 0.480 e. The maximum Gasteiger partial charge on any atom is 0.326 e. The summed E-state index contributed by atoms with van der Waals surface area (Å²) in [5.74, 6) is -1.97. The van der Waals surface area contributed by atoms with Crippen LogP contribution < -0.4 is 5.32 Å². The van der Waals surface area contributed by atoms with Crippen molar-refractivity contribution in [1.29, 1.82) is 0 Å². The lowest BCUT2D eigenvalue weighted by Crippen LogP contribution is -2.43. The van der Waals surface area contributed by atoms with Gasteiger partial charge in [-0.3, -0.25) is 4.79 Å². The SMILES string of the molecule is Cc1ccccc1C[C@H](NC(=O)Cc1cccc(F)c1)C(=O)O. The predicted molar refractivity (Wildman–Crippen MR) is 84.6 cm³/mol. The first-order chi connectivity index (χ1) is 11.0. The Morgan fingerprint density at radius 2 is 1.91 bits per heavy atom. The standard InChI is InChI=1S/C18H18FNO3/c1-12-5-2-3-7-14(12)11-16(18(22)23)20-17(21)10-13-6-4-8-15(19)9-13/h2-9,16H,10-11H2,1H3,(H,20,21)(H,22,23)/t16-/m0/s1. The molecule has 0 bridgehead atoms. The number of benzene rings is 2. The van der Waals surface area contributed by atoms with Crippen LogP contribution in [0.3, 0.4) is 0 Å². The molecule has 2 aromatic rings. The highest BCUT2D eigenvalue weighted by Gasteiger charge is 2.21. The van der Waals surface area contributed by atoms with Crippen molar-refractivity contribution < 1.29 is 19.1 Å². The van der Waals surface area contributed by atoms with Crippen LogP contribution >= 0.6 is 0 Å². The number of carboxylic acid groups (broad SMARTS) is 1. The van der Waals surface area contributed by atoms with Gasteiger partial charge >= 0.3 is 5.97 Å². The van der Waals surface area contributed by atoms with Crippen LogP contribution in [0.15, 0.2) is 48.5 Å². The van der Waals surface area contributed by atoms with Crippen LogP contribution in [0.25, 0.3) is 0 Å². The highest BCUT2D eigenvalue weighted by molar-refractivity contribution is 5.85. The summed E-state index contributed by atoms with van der Waals surface area (Å²) in [5.41, 5.74) is 2.34. The van der Waals surface area contributed by atoms with Gasteiger partial charge in [-0.2, -0.15) is 0 Å². The maximum atomic E-state index is 13.1. The lowest BCUT2D eigenvalue weighted by Gasteiger charge is -2.16. The van der Waals surface area contributed by atoms with E-state index in [0.29, 0.717) is 5.56 Å².